The van der Waals surface area contributed by atoms with Crippen LogP contribution in [0.25, 0.3) is 0 Å². The van der Waals surface area contributed by atoms with Gasteiger partial charge in [0.15, 0.2) is 10.8 Å². The third kappa shape index (κ3) is 9.36. The van der Waals surface area contributed by atoms with Crippen LogP contribution in [0.1, 0.15) is 88.2 Å². The van der Waals surface area contributed by atoms with Crippen LogP contribution < -0.4 is 5.32 Å². The Morgan fingerprint density at radius 3 is 2.71 bits per heavy atom. The summed E-state index contributed by atoms with van der Waals surface area (Å²) in [5.41, 5.74) is 1.56. The fraction of sp³-hybridized carbons (Fsp3) is 0.545. The van der Waals surface area contributed by atoms with E-state index in [-0.39, 0.29) is 23.3 Å². The largest absolute Gasteiger partial charge is 0.481 e. The summed E-state index contributed by atoms with van der Waals surface area (Å²) in [5.74, 6) is -0.225. The number of carbonyl (C=O) groups excluding carboxylic acids is 2. The van der Waals surface area contributed by atoms with E-state index in [0.717, 1.165) is 32.1 Å². The maximum absolute atomic E-state index is 13.9. The van der Waals surface area contributed by atoms with Gasteiger partial charge in [-0.05, 0) is 55.6 Å². The standard InChI is InChI=1S/C33H42ClFN4O5S/c1-20(7-4-5-8-22-12-15-39(27(40)18-22)14-6-9-28(41)42)21(2)17-26-29(33(43)44-3)30(24-11-10-23(35)19-25(24)34)38-31(37-26)32-36-13-16-45-32/h10-11,13,16,19-22,30H,4-9,12,14-15,17-18H2,1-3H3,(H,37,38)(H,41,42). The van der Waals surface area contributed by atoms with E-state index >= 15 is 0 Å². The average Bonchev–Trinajstić information content (AvgIpc) is 3.55. The SMILES string of the molecule is COC(=O)C1=C(CC(C)C(C)CCCCC2CCN(CCCC(=O)O)C(=O)C2)NC(c2nccs2)=NC1c1ccc(F)cc1Cl. The molecular formula is C33H42ClFN4O5S. The number of carboxylic acid groups (broad SMARTS) is 1. The van der Waals surface area contributed by atoms with Crippen LogP contribution in [-0.2, 0) is 19.1 Å². The number of carboxylic acids is 1. The Morgan fingerprint density at radius 2 is 2.04 bits per heavy atom. The first-order valence-corrected chi connectivity index (χ1v) is 16.8. The van der Waals surface area contributed by atoms with Crippen molar-refractivity contribution in [3.63, 3.8) is 0 Å². The quantitative estimate of drug-likeness (QED) is 0.160. The summed E-state index contributed by atoms with van der Waals surface area (Å²) >= 11 is 7.89. The van der Waals surface area contributed by atoms with Crippen LogP contribution in [0.15, 0.2) is 46.0 Å². The molecule has 4 unspecified atom stereocenters. The van der Waals surface area contributed by atoms with E-state index in [9.17, 15) is 18.8 Å². The van der Waals surface area contributed by atoms with Gasteiger partial charge in [0.2, 0.25) is 5.91 Å². The van der Waals surface area contributed by atoms with E-state index in [0.29, 0.717) is 71.9 Å². The molecule has 1 saturated heterocycles. The normalized spacial score (nSPS) is 20.0. The number of hydrogen-bond acceptors (Lipinski definition) is 8. The predicted molar refractivity (Wildman–Crippen MR) is 173 cm³/mol. The van der Waals surface area contributed by atoms with Gasteiger partial charge in [-0.15, -0.1) is 11.3 Å². The molecule has 4 atom stereocenters. The molecular weight excluding hydrogens is 619 g/mol. The highest BCUT2D eigenvalue weighted by molar-refractivity contribution is 7.11. The number of amides is 1. The number of aliphatic carboxylic acids is 1. The maximum Gasteiger partial charge on any atom is 0.338 e. The first-order chi connectivity index (χ1) is 21.6. The number of hydrogen-bond donors (Lipinski definition) is 2. The number of thiazole rings is 1. The number of unbranched alkanes of at least 4 members (excludes halogenated alkanes) is 1. The topological polar surface area (TPSA) is 121 Å². The average molecular weight is 661 g/mol. The highest BCUT2D eigenvalue weighted by Crippen LogP contribution is 2.39. The minimum absolute atomic E-state index is 0.0882. The Balaban J connectivity index is 1.38. The van der Waals surface area contributed by atoms with E-state index in [4.69, 9.17) is 26.4 Å². The molecule has 1 amide bonds. The number of ether oxygens (including phenoxy) is 1. The highest BCUT2D eigenvalue weighted by atomic mass is 35.5. The molecule has 3 heterocycles. The Labute approximate surface area is 272 Å². The maximum atomic E-state index is 13.9. The molecule has 0 radical (unpaired) electrons. The van der Waals surface area contributed by atoms with Gasteiger partial charge < -0.3 is 20.1 Å². The zero-order chi connectivity index (χ0) is 32.5. The summed E-state index contributed by atoms with van der Waals surface area (Å²) < 4.78 is 19.1. The second-order valence-corrected chi connectivity index (χ2v) is 13.4. The molecule has 1 aromatic heterocycles. The zero-order valence-corrected chi connectivity index (χ0v) is 27.6. The van der Waals surface area contributed by atoms with Gasteiger partial charge in [-0.1, -0.05) is 50.8 Å². The number of halogens is 2. The summed E-state index contributed by atoms with van der Waals surface area (Å²) in [7, 11) is 1.33. The molecule has 1 aromatic carbocycles. The van der Waals surface area contributed by atoms with Crippen molar-refractivity contribution in [1.29, 1.82) is 0 Å². The molecule has 244 valence electrons. The molecule has 1 fully saturated rings. The smallest absolute Gasteiger partial charge is 0.338 e. The Hall–Kier alpha value is -3.31. The number of nitrogens with zero attached hydrogens (tertiary/aromatic N) is 3. The minimum atomic E-state index is -0.829. The number of nitrogens with one attached hydrogen (secondary N) is 1. The number of aliphatic imine (C=N–C) groups is 1. The molecule has 2 aliphatic heterocycles. The number of benzene rings is 1. The number of aromatic nitrogens is 1. The van der Waals surface area contributed by atoms with Gasteiger partial charge in [-0.25, -0.2) is 14.2 Å². The zero-order valence-electron chi connectivity index (χ0n) is 26.1. The van der Waals surface area contributed by atoms with E-state index in [1.807, 2.05) is 5.38 Å². The van der Waals surface area contributed by atoms with E-state index in [2.05, 4.69) is 24.1 Å². The minimum Gasteiger partial charge on any atom is -0.481 e. The number of allylic oxidation sites excluding steroid dienone is 1. The molecule has 0 spiro atoms. The van der Waals surface area contributed by atoms with Crippen molar-refractivity contribution in [2.75, 3.05) is 20.2 Å². The highest BCUT2D eigenvalue weighted by Gasteiger charge is 2.35. The van der Waals surface area contributed by atoms with Gasteiger partial charge in [0, 0.05) is 53.8 Å². The molecule has 12 heteroatoms. The number of rotatable bonds is 15. The summed E-state index contributed by atoms with van der Waals surface area (Å²) in [6.07, 6.45) is 8.42. The summed E-state index contributed by atoms with van der Waals surface area (Å²) in [6.45, 7) is 5.61. The first-order valence-electron chi connectivity index (χ1n) is 15.6. The second kappa shape index (κ2) is 16.3. The third-order valence-corrected chi connectivity index (χ3v) is 9.99. The van der Waals surface area contributed by atoms with E-state index in [1.165, 1.54) is 30.6 Å². The van der Waals surface area contributed by atoms with Crippen molar-refractivity contribution >= 4 is 46.6 Å². The van der Waals surface area contributed by atoms with Crippen molar-refractivity contribution in [1.82, 2.24) is 15.2 Å². The van der Waals surface area contributed by atoms with E-state index in [1.54, 1.807) is 17.2 Å². The molecule has 0 bridgehead atoms. The number of piperidine rings is 1. The van der Waals surface area contributed by atoms with Crippen molar-refractivity contribution in [3.05, 3.63) is 62.5 Å². The van der Waals surface area contributed by atoms with Crippen molar-refractivity contribution in [2.45, 2.75) is 77.7 Å². The number of amidine groups is 1. The lowest BCUT2D eigenvalue weighted by Gasteiger charge is -2.32. The number of esters is 1. The number of likely N-dealkylation sites (tertiary alicyclic amines) is 1. The molecule has 9 nitrogen and oxygen atoms in total. The van der Waals surface area contributed by atoms with Gasteiger partial charge in [0.1, 0.15) is 11.9 Å². The van der Waals surface area contributed by atoms with Gasteiger partial charge in [0.05, 0.1) is 12.7 Å². The Kier molecular flexibility index (Phi) is 12.5. The van der Waals surface area contributed by atoms with Crippen molar-refractivity contribution in [2.24, 2.45) is 22.7 Å². The van der Waals surface area contributed by atoms with Gasteiger partial charge in [-0.2, -0.15) is 0 Å². The lowest BCUT2D eigenvalue weighted by atomic mass is 9.84. The Morgan fingerprint density at radius 1 is 1.24 bits per heavy atom. The van der Waals surface area contributed by atoms with Crippen molar-refractivity contribution in [3.8, 4) is 0 Å². The van der Waals surface area contributed by atoms with Crippen LogP contribution in [0.3, 0.4) is 0 Å². The second-order valence-electron chi connectivity index (χ2n) is 12.1. The van der Waals surface area contributed by atoms with Crippen LogP contribution in [0, 0.1) is 23.6 Å². The first kappa shape index (κ1) is 34.6. The summed E-state index contributed by atoms with van der Waals surface area (Å²) in [4.78, 5) is 47.5. The number of carbonyl (C=O) groups is 3. The lowest BCUT2D eigenvalue weighted by molar-refractivity contribution is -0.139. The molecule has 0 saturated carbocycles. The predicted octanol–water partition coefficient (Wildman–Crippen LogP) is 6.78. The van der Waals surface area contributed by atoms with Crippen LogP contribution in [0.5, 0.6) is 0 Å². The molecule has 4 rings (SSSR count). The van der Waals surface area contributed by atoms with Crippen molar-refractivity contribution < 1.29 is 28.6 Å². The molecule has 2 aliphatic rings. The van der Waals surface area contributed by atoms with Crippen LogP contribution in [-0.4, -0.2) is 58.9 Å². The van der Waals surface area contributed by atoms with Crippen LogP contribution in [0.4, 0.5) is 4.39 Å². The molecule has 2 N–H and O–H groups in total. The van der Waals surface area contributed by atoms with Crippen LogP contribution in [0.2, 0.25) is 5.02 Å². The fourth-order valence-electron chi connectivity index (χ4n) is 6.06. The summed E-state index contributed by atoms with van der Waals surface area (Å²) in [5, 5.41) is 14.9. The third-order valence-electron chi connectivity index (χ3n) is 8.88. The number of methoxy groups -OCH3 is 1. The monoisotopic (exact) mass is 660 g/mol. The molecule has 0 aliphatic carbocycles. The fourth-order valence-corrected chi connectivity index (χ4v) is 6.91. The molecule has 45 heavy (non-hydrogen) atoms. The summed E-state index contributed by atoms with van der Waals surface area (Å²) in [6, 6.07) is 3.30. The van der Waals surface area contributed by atoms with E-state index < -0.39 is 23.8 Å². The molecule has 2 aromatic rings. The van der Waals surface area contributed by atoms with Gasteiger partial charge in [-0.3, -0.25) is 14.6 Å². The van der Waals surface area contributed by atoms with Gasteiger partial charge >= 0.3 is 11.9 Å². The lowest BCUT2D eigenvalue weighted by Crippen LogP contribution is -2.39. The Bertz CT molecular complexity index is 1420. The van der Waals surface area contributed by atoms with Gasteiger partial charge in [0.25, 0.3) is 0 Å². The van der Waals surface area contributed by atoms with Crippen LogP contribution >= 0.6 is 22.9 Å².